The third kappa shape index (κ3) is 4.70. The minimum atomic E-state index is -0.0928. The lowest BCUT2D eigenvalue weighted by Crippen LogP contribution is -2.43. The molecule has 2 amide bonds. The van der Waals surface area contributed by atoms with Gasteiger partial charge in [-0.15, -0.1) is 0 Å². The molecule has 1 aliphatic heterocycles. The van der Waals surface area contributed by atoms with Gasteiger partial charge < -0.3 is 25.8 Å². The van der Waals surface area contributed by atoms with E-state index in [1.54, 1.807) is 4.90 Å². The van der Waals surface area contributed by atoms with Gasteiger partial charge in [0.25, 0.3) is 0 Å². The molecule has 1 aromatic rings. The Morgan fingerprint density at radius 1 is 1.43 bits per heavy atom. The van der Waals surface area contributed by atoms with E-state index in [2.05, 4.69) is 5.32 Å². The zero-order valence-corrected chi connectivity index (χ0v) is 12.1. The van der Waals surface area contributed by atoms with Crippen molar-refractivity contribution in [3.8, 4) is 0 Å². The third-order valence-electron chi connectivity index (χ3n) is 3.59. The van der Waals surface area contributed by atoms with Gasteiger partial charge in [0.1, 0.15) is 0 Å². The summed E-state index contributed by atoms with van der Waals surface area (Å²) in [7, 11) is 0. The number of carbonyl (C=O) groups is 1. The van der Waals surface area contributed by atoms with E-state index in [4.69, 9.17) is 15.6 Å². The van der Waals surface area contributed by atoms with E-state index in [1.165, 1.54) is 0 Å². The highest BCUT2D eigenvalue weighted by Gasteiger charge is 2.23. The van der Waals surface area contributed by atoms with E-state index in [9.17, 15) is 4.79 Å². The molecule has 0 spiro atoms. The van der Waals surface area contributed by atoms with Gasteiger partial charge in [0.2, 0.25) is 0 Å². The van der Waals surface area contributed by atoms with Gasteiger partial charge in [0.15, 0.2) is 0 Å². The van der Waals surface area contributed by atoms with Crippen LogP contribution in [0.1, 0.15) is 18.4 Å². The largest absolute Gasteiger partial charge is 0.394 e. The minimum absolute atomic E-state index is 0.0399. The fourth-order valence-electron chi connectivity index (χ4n) is 2.42. The van der Waals surface area contributed by atoms with Crippen LogP contribution in [0.4, 0.5) is 10.5 Å². The van der Waals surface area contributed by atoms with Crippen LogP contribution in [0.15, 0.2) is 24.3 Å². The molecule has 6 nitrogen and oxygen atoms in total. The van der Waals surface area contributed by atoms with Crippen LogP contribution in [0.2, 0.25) is 0 Å². The van der Waals surface area contributed by atoms with Crippen LogP contribution >= 0.6 is 0 Å². The zero-order chi connectivity index (χ0) is 15.1. The Hall–Kier alpha value is -1.63. The predicted molar refractivity (Wildman–Crippen MR) is 81.0 cm³/mol. The number of nitrogens with zero attached hydrogens (tertiary/aromatic N) is 1. The molecule has 1 fully saturated rings. The number of piperidine rings is 1. The van der Waals surface area contributed by atoms with Crippen LogP contribution in [0.5, 0.6) is 0 Å². The van der Waals surface area contributed by atoms with E-state index in [0.29, 0.717) is 26.2 Å². The second kappa shape index (κ2) is 7.97. The average molecular weight is 293 g/mol. The summed E-state index contributed by atoms with van der Waals surface area (Å²) in [5.74, 6) is 0. The first kappa shape index (κ1) is 15.8. The lowest BCUT2D eigenvalue weighted by molar-refractivity contribution is -0.000875. The number of hydrogen-bond acceptors (Lipinski definition) is 4. The van der Waals surface area contributed by atoms with Crippen molar-refractivity contribution in [1.29, 1.82) is 0 Å². The highest BCUT2D eigenvalue weighted by molar-refractivity contribution is 5.89. The number of likely N-dealkylation sites (tertiary alicyclic amines) is 1. The van der Waals surface area contributed by atoms with Crippen LogP contribution in [-0.4, -0.2) is 48.4 Å². The van der Waals surface area contributed by atoms with Crippen molar-refractivity contribution in [2.45, 2.75) is 25.5 Å². The molecule has 0 atom stereocenters. The molecule has 1 heterocycles. The quantitative estimate of drug-likeness (QED) is 0.760. The Morgan fingerprint density at radius 3 is 2.86 bits per heavy atom. The first-order chi connectivity index (χ1) is 10.2. The molecule has 0 aromatic heterocycles. The van der Waals surface area contributed by atoms with E-state index in [0.717, 1.165) is 24.1 Å². The molecule has 1 saturated heterocycles. The van der Waals surface area contributed by atoms with Gasteiger partial charge in [-0.1, -0.05) is 12.1 Å². The van der Waals surface area contributed by atoms with Gasteiger partial charge in [0.05, 0.1) is 19.3 Å². The van der Waals surface area contributed by atoms with Crippen molar-refractivity contribution in [2.24, 2.45) is 5.73 Å². The van der Waals surface area contributed by atoms with Gasteiger partial charge in [-0.05, 0) is 30.5 Å². The van der Waals surface area contributed by atoms with E-state index in [1.807, 2.05) is 24.3 Å². The lowest BCUT2D eigenvalue weighted by Gasteiger charge is -2.31. The van der Waals surface area contributed by atoms with Gasteiger partial charge in [0, 0.05) is 25.3 Å². The monoisotopic (exact) mass is 293 g/mol. The fraction of sp³-hybridized carbons (Fsp3) is 0.533. The third-order valence-corrected chi connectivity index (χ3v) is 3.59. The molecule has 0 saturated carbocycles. The Morgan fingerprint density at radius 2 is 2.19 bits per heavy atom. The molecule has 6 heteroatoms. The lowest BCUT2D eigenvalue weighted by atomic mass is 10.1. The van der Waals surface area contributed by atoms with E-state index in [-0.39, 0.29) is 18.7 Å². The van der Waals surface area contributed by atoms with Crippen molar-refractivity contribution in [1.82, 2.24) is 4.90 Å². The number of urea groups is 1. The SMILES string of the molecule is NCc1cccc(NC(=O)N2CCC(OCCO)CC2)c1. The maximum absolute atomic E-state index is 12.2. The minimum Gasteiger partial charge on any atom is -0.394 e. The number of amides is 2. The Bertz CT molecular complexity index is 459. The molecule has 21 heavy (non-hydrogen) atoms. The summed E-state index contributed by atoms with van der Waals surface area (Å²) in [6, 6.07) is 7.46. The fourth-order valence-corrected chi connectivity index (χ4v) is 2.42. The van der Waals surface area contributed by atoms with Gasteiger partial charge in [-0.2, -0.15) is 0 Å². The van der Waals surface area contributed by atoms with Crippen LogP contribution in [-0.2, 0) is 11.3 Å². The Labute approximate surface area is 124 Å². The van der Waals surface area contributed by atoms with Crippen LogP contribution in [0.25, 0.3) is 0 Å². The van der Waals surface area contributed by atoms with Crippen LogP contribution in [0, 0.1) is 0 Å². The molecule has 0 aliphatic carbocycles. The second-order valence-electron chi connectivity index (χ2n) is 5.12. The number of nitrogens with one attached hydrogen (secondary N) is 1. The predicted octanol–water partition coefficient (Wildman–Crippen LogP) is 1.15. The number of rotatable bonds is 5. The maximum atomic E-state index is 12.2. The number of benzene rings is 1. The summed E-state index contributed by atoms with van der Waals surface area (Å²) in [6.45, 7) is 2.19. The highest BCUT2D eigenvalue weighted by atomic mass is 16.5. The van der Waals surface area contributed by atoms with Crippen LogP contribution < -0.4 is 11.1 Å². The molecule has 4 N–H and O–H groups in total. The van der Waals surface area contributed by atoms with Crippen molar-refractivity contribution in [2.75, 3.05) is 31.6 Å². The number of carbonyl (C=O) groups excluding carboxylic acids is 1. The van der Waals surface area contributed by atoms with Crippen LogP contribution in [0.3, 0.4) is 0 Å². The Kier molecular flexibility index (Phi) is 5.98. The molecule has 0 bridgehead atoms. The second-order valence-corrected chi connectivity index (χ2v) is 5.12. The number of nitrogens with two attached hydrogens (primary N) is 1. The van der Waals surface area contributed by atoms with Crippen molar-refractivity contribution < 1.29 is 14.6 Å². The molecule has 0 radical (unpaired) electrons. The smallest absolute Gasteiger partial charge is 0.321 e. The standard InChI is InChI=1S/C15H23N3O3/c16-11-12-2-1-3-13(10-12)17-15(20)18-6-4-14(5-7-18)21-9-8-19/h1-3,10,14,19H,4-9,11,16H2,(H,17,20). The molecule has 1 aromatic carbocycles. The molecular formula is C15H23N3O3. The topological polar surface area (TPSA) is 87.8 Å². The molecule has 1 aliphatic rings. The average Bonchev–Trinajstić information content (AvgIpc) is 2.53. The van der Waals surface area contributed by atoms with E-state index < -0.39 is 0 Å². The number of aliphatic hydroxyl groups is 1. The number of hydrogen-bond donors (Lipinski definition) is 3. The highest BCUT2D eigenvalue weighted by Crippen LogP contribution is 2.16. The summed E-state index contributed by atoms with van der Waals surface area (Å²) < 4.78 is 5.49. The number of ether oxygens (including phenoxy) is 1. The number of aliphatic hydroxyl groups excluding tert-OH is 1. The summed E-state index contributed by atoms with van der Waals surface area (Å²) in [5.41, 5.74) is 7.35. The number of anilines is 1. The zero-order valence-electron chi connectivity index (χ0n) is 12.1. The van der Waals surface area contributed by atoms with Crippen molar-refractivity contribution >= 4 is 11.7 Å². The van der Waals surface area contributed by atoms with Gasteiger partial charge in [-0.3, -0.25) is 0 Å². The maximum Gasteiger partial charge on any atom is 0.321 e. The summed E-state index contributed by atoms with van der Waals surface area (Å²) >= 11 is 0. The van der Waals surface area contributed by atoms with Gasteiger partial charge >= 0.3 is 6.03 Å². The Balaban J connectivity index is 1.81. The molecular weight excluding hydrogens is 270 g/mol. The van der Waals surface area contributed by atoms with Crippen molar-refractivity contribution in [3.05, 3.63) is 29.8 Å². The summed E-state index contributed by atoms with van der Waals surface area (Å²) in [4.78, 5) is 14.0. The first-order valence-corrected chi connectivity index (χ1v) is 7.30. The molecule has 0 unspecified atom stereocenters. The first-order valence-electron chi connectivity index (χ1n) is 7.30. The molecule has 2 rings (SSSR count). The molecule has 116 valence electrons. The normalized spacial score (nSPS) is 16.0. The summed E-state index contributed by atoms with van der Waals surface area (Å²) in [6.07, 6.45) is 1.74. The summed E-state index contributed by atoms with van der Waals surface area (Å²) in [5, 5.41) is 11.6. The van der Waals surface area contributed by atoms with Crippen molar-refractivity contribution in [3.63, 3.8) is 0 Å². The van der Waals surface area contributed by atoms with Gasteiger partial charge in [-0.25, -0.2) is 4.79 Å². The van der Waals surface area contributed by atoms with E-state index >= 15 is 0 Å².